The van der Waals surface area contributed by atoms with E-state index in [0.29, 0.717) is 68.1 Å². The quantitative estimate of drug-likeness (QED) is 0.195. The Morgan fingerprint density at radius 1 is 0.925 bits per heavy atom. The molecule has 13 heteroatoms. The van der Waals surface area contributed by atoms with Crippen molar-refractivity contribution >= 4 is 5.82 Å². The van der Waals surface area contributed by atoms with Gasteiger partial charge in [0.25, 0.3) is 0 Å². The largest absolute Gasteiger partial charge is 0.493 e. The summed E-state index contributed by atoms with van der Waals surface area (Å²) in [5.41, 5.74) is 7.19. The summed E-state index contributed by atoms with van der Waals surface area (Å²) in [6.45, 7) is 4.45. The Morgan fingerprint density at radius 2 is 1.65 bits per heavy atom. The van der Waals surface area contributed by atoms with Gasteiger partial charge >= 0.3 is 6.18 Å². The maximum atomic E-state index is 13.5. The van der Waals surface area contributed by atoms with Gasteiger partial charge in [0.15, 0.2) is 11.5 Å². The Hall–Kier alpha value is -3.94. The number of rotatable bonds is 13. The summed E-state index contributed by atoms with van der Waals surface area (Å²) in [7, 11) is 3.15. The molecule has 4 aromatic rings. The number of nitrogens with zero attached hydrogens (tertiary/aromatic N) is 4. The first-order valence-electron chi connectivity index (χ1n) is 12.4. The molecule has 3 heterocycles. The third kappa shape index (κ3) is 6.79. The molecule has 0 saturated heterocycles. The second-order valence-corrected chi connectivity index (χ2v) is 8.72. The van der Waals surface area contributed by atoms with E-state index >= 15 is 0 Å². The van der Waals surface area contributed by atoms with E-state index in [-0.39, 0.29) is 5.56 Å². The molecule has 3 aromatic heterocycles. The van der Waals surface area contributed by atoms with Crippen LogP contribution < -0.4 is 19.7 Å². The third-order valence-corrected chi connectivity index (χ3v) is 5.95. The number of aromatic nitrogens is 4. The third-order valence-electron chi connectivity index (χ3n) is 5.95. The Kier molecular flexibility index (Phi) is 9.40. The van der Waals surface area contributed by atoms with Gasteiger partial charge in [-0.25, -0.2) is 4.98 Å². The first kappa shape index (κ1) is 29.1. The van der Waals surface area contributed by atoms with E-state index in [1.54, 1.807) is 49.1 Å². The molecule has 0 aliphatic carbocycles. The smallest absolute Gasteiger partial charge is 0.419 e. The zero-order chi connectivity index (χ0) is 28.7. The van der Waals surface area contributed by atoms with E-state index < -0.39 is 17.6 Å². The molecule has 0 aliphatic rings. The van der Waals surface area contributed by atoms with E-state index in [4.69, 9.17) is 29.4 Å². The van der Waals surface area contributed by atoms with Crippen molar-refractivity contribution in [2.45, 2.75) is 13.1 Å². The first-order valence-corrected chi connectivity index (χ1v) is 12.4. The lowest BCUT2D eigenvalue weighted by Crippen LogP contribution is -2.29. The van der Waals surface area contributed by atoms with Crippen molar-refractivity contribution < 1.29 is 41.4 Å². The number of ether oxygens (including phenoxy) is 5. The normalized spacial score (nSPS) is 11.8. The van der Waals surface area contributed by atoms with E-state index in [1.807, 2.05) is 6.07 Å². The summed E-state index contributed by atoms with van der Waals surface area (Å²) in [5, 5.41) is 4.69. The average molecular weight is 563 g/mol. The summed E-state index contributed by atoms with van der Waals surface area (Å²) < 4.78 is 70.7. The van der Waals surface area contributed by atoms with Crippen molar-refractivity contribution in [3.8, 4) is 34.0 Å². The highest BCUT2D eigenvalue weighted by atomic mass is 19.4. The van der Waals surface area contributed by atoms with Crippen molar-refractivity contribution in [3.63, 3.8) is 0 Å². The molecule has 1 aromatic carbocycles. The highest BCUT2D eigenvalue weighted by molar-refractivity contribution is 5.66. The molecular weight excluding hydrogens is 531 g/mol. The van der Waals surface area contributed by atoms with Crippen molar-refractivity contribution in [3.05, 3.63) is 60.0 Å². The Bertz CT molecular complexity index is 1440. The molecule has 4 rings (SSSR count). The van der Waals surface area contributed by atoms with E-state index in [9.17, 15) is 13.2 Å². The number of pyridine rings is 1. The van der Waals surface area contributed by atoms with Crippen LogP contribution in [0.15, 0.2) is 48.9 Å². The summed E-state index contributed by atoms with van der Waals surface area (Å²) in [4.78, 5) is 3.78. The molecule has 2 N–H and O–H groups in total. The van der Waals surface area contributed by atoms with Gasteiger partial charge in [-0.15, -0.1) is 4.52 Å². The number of benzene rings is 1. The van der Waals surface area contributed by atoms with E-state index in [1.165, 1.54) is 17.9 Å². The van der Waals surface area contributed by atoms with Crippen LogP contribution in [0.3, 0.4) is 0 Å². The lowest BCUT2D eigenvalue weighted by atomic mass is 10.1. The maximum absolute atomic E-state index is 13.5. The maximum Gasteiger partial charge on any atom is 0.419 e. The first-order chi connectivity index (χ1) is 19.2. The van der Waals surface area contributed by atoms with E-state index in [0.717, 1.165) is 11.6 Å². The number of fused-ring (bicyclic) bond motifs is 1. The van der Waals surface area contributed by atoms with E-state index in [2.05, 4.69) is 10.1 Å². The summed E-state index contributed by atoms with van der Waals surface area (Å²) in [6.07, 6.45) is 0.203. The van der Waals surface area contributed by atoms with Crippen LogP contribution in [0.1, 0.15) is 11.1 Å². The fourth-order valence-corrected chi connectivity index (χ4v) is 4.03. The topological polar surface area (TPSA) is 106 Å². The lowest BCUT2D eigenvalue weighted by Gasteiger charge is -2.12. The zero-order valence-electron chi connectivity index (χ0n) is 22.4. The monoisotopic (exact) mass is 562 g/mol. The highest BCUT2D eigenvalue weighted by Crippen LogP contribution is 2.36. The van der Waals surface area contributed by atoms with Crippen molar-refractivity contribution in [1.82, 2.24) is 14.7 Å². The molecule has 0 amide bonds. The minimum atomic E-state index is -4.63. The molecule has 0 saturated carbocycles. The Balaban J connectivity index is 1.52. The van der Waals surface area contributed by atoms with Crippen molar-refractivity contribution in [2.24, 2.45) is 0 Å². The molecular formula is C27H31F3N5O5+. The van der Waals surface area contributed by atoms with Crippen LogP contribution in [0.4, 0.5) is 19.0 Å². The SMILES string of the molecule is COCCOCCOCCOc1ccc(-c2cc[n+]3cc(C)c(-c4cnc(N)c(C(F)(F)F)c4)n3n2)cc1OC. The molecule has 10 nitrogen and oxygen atoms in total. The minimum Gasteiger partial charge on any atom is -0.493 e. The van der Waals surface area contributed by atoms with Crippen LogP contribution in [-0.2, 0) is 20.4 Å². The number of nitrogen functional groups attached to an aromatic ring is 1. The lowest BCUT2D eigenvalue weighted by molar-refractivity contribution is -0.623. The Labute approximate surface area is 229 Å². The number of nitrogens with two attached hydrogens (primary N) is 1. The number of halogens is 3. The van der Waals surface area contributed by atoms with Crippen LogP contribution in [0.5, 0.6) is 11.5 Å². The van der Waals surface area contributed by atoms with Gasteiger partial charge in [-0.1, -0.05) is 0 Å². The fourth-order valence-electron chi connectivity index (χ4n) is 4.03. The molecule has 0 spiro atoms. The Morgan fingerprint density at radius 3 is 2.35 bits per heavy atom. The van der Waals surface area contributed by atoms with Crippen molar-refractivity contribution in [2.75, 3.05) is 59.6 Å². The molecule has 0 bridgehead atoms. The molecule has 0 radical (unpaired) electrons. The number of methoxy groups -OCH3 is 2. The van der Waals surface area contributed by atoms with Gasteiger partial charge in [0, 0.05) is 36.1 Å². The predicted octanol–water partition coefficient (Wildman–Crippen LogP) is 3.63. The van der Waals surface area contributed by atoms with Crippen LogP contribution in [0.25, 0.3) is 22.5 Å². The average Bonchev–Trinajstić information content (AvgIpc) is 3.26. The second kappa shape index (κ2) is 12.9. The molecule has 0 atom stereocenters. The number of hydrogen-bond acceptors (Lipinski definition) is 8. The second-order valence-electron chi connectivity index (χ2n) is 8.72. The van der Waals surface area contributed by atoms with Crippen molar-refractivity contribution in [1.29, 1.82) is 0 Å². The number of hydrogen-bond donors (Lipinski definition) is 1. The van der Waals surface area contributed by atoms with Gasteiger partial charge in [0.2, 0.25) is 5.69 Å². The predicted molar refractivity (Wildman–Crippen MR) is 139 cm³/mol. The van der Waals surface area contributed by atoms with Crippen LogP contribution in [-0.4, -0.2) is 68.6 Å². The standard InChI is InChI=1S/C27H30F3N5O5/c1-18-17-34-7-6-22(33-35(34)25(18)20-14-21(27(28,29)30)26(31)32-16-20)19-4-5-23(24(15-19)37-3)40-13-12-39-11-10-38-9-8-36-2/h4-7,14-17,31H,8-13H2,1-3H3/p+1. The van der Waals surface area contributed by atoms with Gasteiger partial charge in [0.05, 0.1) is 50.8 Å². The van der Waals surface area contributed by atoms with Gasteiger partial charge in [-0.2, -0.15) is 13.2 Å². The number of anilines is 1. The van der Waals surface area contributed by atoms with Gasteiger partial charge in [0.1, 0.15) is 30.5 Å². The van der Waals surface area contributed by atoms with Crippen LogP contribution in [0.2, 0.25) is 0 Å². The molecule has 0 fully saturated rings. The molecule has 0 aliphatic heterocycles. The van der Waals surface area contributed by atoms with Gasteiger partial charge in [-0.3, -0.25) is 0 Å². The number of alkyl halides is 3. The summed E-state index contributed by atoms with van der Waals surface area (Å²) in [5.74, 6) is 0.451. The molecule has 214 valence electrons. The van der Waals surface area contributed by atoms with Gasteiger partial charge < -0.3 is 29.4 Å². The summed E-state index contributed by atoms with van der Waals surface area (Å²) >= 11 is 0. The molecule has 40 heavy (non-hydrogen) atoms. The van der Waals surface area contributed by atoms with Crippen LogP contribution >= 0.6 is 0 Å². The highest BCUT2D eigenvalue weighted by Gasteiger charge is 2.34. The summed E-state index contributed by atoms with van der Waals surface area (Å²) in [6, 6.07) is 8.15. The minimum absolute atomic E-state index is 0.237. The zero-order valence-corrected chi connectivity index (χ0v) is 22.4. The fraction of sp³-hybridized carbons (Fsp3) is 0.370. The van der Waals surface area contributed by atoms with Gasteiger partial charge in [-0.05, 0) is 35.8 Å². The van der Waals surface area contributed by atoms with Crippen LogP contribution in [0, 0.1) is 6.92 Å². The number of aryl methyl sites for hydroxylation is 1. The molecule has 0 unspecified atom stereocenters.